The number of nitrogens with one attached hydrogen (secondary N) is 2. The number of hydrogen-bond donors (Lipinski definition) is 2. The van der Waals surface area contributed by atoms with Crippen LogP contribution in [0.3, 0.4) is 0 Å². The molecule has 1 saturated heterocycles. The third-order valence-corrected chi connectivity index (χ3v) is 6.46. The van der Waals surface area contributed by atoms with E-state index in [1.165, 1.54) is 0 Å². The zero-order valence-corrected chi connectivity index (χ0v) is 22.0. The van der Waals surface area contributed by atoms with Crippen molar-refractivity contribution in [1.29, 1.82) is 0 Å². The van der Waals surface area contributed by atoms with Gasteiger partial charge < -0.3 is 20.1 Å². The maximum absolute atomic E-state index is 13.0. The number of carbonyl (C=O) groups excluding carboxylic acids is 1. The zero-order valence-electron chi connectivity index (χ0n) is 22.0. The highest BCUT2D eigenvalue weighted by Gasteiger charge is 2.12. The monoisotopic (exact) mass is 524 g/mol. The van der Waals surface area contributed by atoms with E-state index in [-0.39, 0.29) is 5.91 Å². The molecule has 0 aliphatic carbocycles. The lowest BCUT2D eigenvalue weighted by atomic mass is 10.1. The lowest BCUT2D eigenvalue weighted by Crippen LogP contribution is -2.37. The second kappa shape index (κ2) is 12.9. The minimum Gasteiger partial charge on any atom is -0.494 e. The molecule has 0 radical (unpaired) electrons. The zero-order chi connectivity index (χ0) is 26.9. The Morgan fingerprint density at radius 3 is 2.69 bits per heavy atom. The van der Waals surface area contributed by atoms with Gasteiger partial charge in [-0.05, 0) is 73.5 Å². The van der Waals surface area contributed by atoms with Crippen LogP contribution < -0.4 is 15.4 Å². The predicted octanol–water partition coefficient (Wildman–Crippen LogP) is 4.94. The summed E-state index contributed by atoms with van der Waals surface area (Å²) in [4.78, 5) is 28.5. The Hall–Kier alpha value is -4.34. The van der Waals surface area contributed by atoms with Crippen molar-refractivity contribution in [3.05, 3.63) is 90.4 Å². The average molecular weight is 525 g/mol. The van der Waals surface area contributed by atoms with Crippen molar-refractivity contribution in [2.75, 3.05) is 50.1 Å². The third kappa shape index (κ3) is 7.37. The first-order chi connectivity index (χ1) is 19.1. The molecule has 1 amide bonds. The van der Waals surface area contributed by atoms with Gasteiger partial charge >= 0.3 is 0 Å². The molecule has 2 aromatic carbocycles. The van der Waals surface area contributed by atoms with Crippen molar-refractivity contribution in [1.82, 2.24) is 19.9 Å². The number of aryl methyl sites for hydroxylation is 1. The topological polar surface area (TPSA) is 102 Å². The van der Waals surface area contributed by atoms with Crippen molar-refractivity contribution in [3.63, 3.8) is 0 Å². The van der Waals surface area contributed by atoms with Gasteiger partial charge in [-0.1, -0.05) is 6.07 Å². The van der Waals surface area contributed by atoms with Gasteiger partial charge in [0, 0.05) is 60.7 Å². The highest BCUT2D eigenvalue weighted by Crippen LogP contribution is 2.23. The number of carbonyl (C=O) groups is 1. The molecule has 5 rings (SSSR count). The van der Waals surface area contributed by atoms with Gasteiger partial charge in [0.05, 0.1) is 25.5 Å². The van der Waals surface area contributed by atoms with Crippen LogP contribution in [-0.4, -0.2) is 65.2 Å². The van der Waals surface area contributed by atoms with Gasteiger partial charge in [0.2, 0.25) is 5.95 Å². The number of anilines is 3. The first-order valence-electron chi connectivity index (χ1n) is 13.1. The first-order valence-corrected chi connectivity index (χ1v) is 13.1. The van der Waals surface area contributed by atoms with E-state index in [0.29, 0.717) is 23.8 Å². The SMILES string of the molecule is Cc1ccc(C(=O)Nc2ccc(OCCCN3CCOCC3)cc2)cc1Nc1nccc(-c2cccnc2)n1. The number of hydrogen-bond acceptors (Lipinski definition) is 8. The minimum atomic E-state index is -0.206. The maximum Gasteiger partial charge on any atom is 0.255 e. The fourth-order valence-electron chi connectivity index (χ4n) is 4.25. The molecule has 2 aromatic heterocycles. The molecule has 0 saturated carbocycles. The van der Waals surface area contributed by atoms with Crippen LogP contribution in [0.25, 0.3) is 11.3 Å². The van der Waals surface area contributed by atoms with Crippen molar-refractivity contribution < 1.29 is 14.3 Å². The molecule has 1 aliphatic heterocycles. The van der Waals surface area contributed by atoms with E-state index in [4.69, 9.17) is 9.47 Å². The van der Waals surface area contributed by atoms with Crippen LogP contribution in [0.2, 0.25) is 0 Å². The normalized spacial score (nSPS) is 13.6. The molecule has 2 N–H and O–H groups in total. The Morgan fingerprint density at radius 1 is 1.05 bits per heavy atom. The Labute approximate surface area is 228 Å². The van der Waals surface area contributed by atoms with E-state index < -0.39 is 0 Å². The number of aromatic nitrogens is 3. The van der Waals surface area contributed by atoms with Gasteiger partial charge in [0.1, 0.15) is 5.75 Å². The summed E-state index contributed by atoms with van der Waals surface area (Å²) in [7, 11) is 0. The van der Waals surface area contributed by atoms with Gasteiger partial charge in [-0.3, -0.25) is 14.7 Å². The maximum atomic E-state index is 13.0. The van der Waals surface area contributed by atoms with Crippen molar-refractivity contribution in [2.45, 2.75) is 13.3 Å². The third-order valence-electron chi connectivity index (χ3n) is 6.46. The predicted molar refractivity (Wildman–Crippen MR) is 151 cm³/mol. The van der Waals surface area contributed by atoms with E-state index in [9.17, 15) is 4.79 Å². The van der Waals surface area contributed by atoms with E-state index in [2.05, 4.69) is 30.5 Å². The van der Waals surface area contributed by atoms with Gasteiger partial charge in [-0.15, -0.1) is 0 Å². The number of pyridine rings is 1. The van der Waals surface area contributed by atoms with Crippen molar-refractivity contribution >= 4 is 23.2 Å². The second-order valence-electron chi connectivity index (χ2n) is 9.30. The lowest BCUT2D eigenvalue weighted by Gasteiger charge is -2.26. The molecule has 0 unspecified atom stereocenters. The summed E-state index contributed by atoms with van der Waals surface area (Å²) in [5.74, 6) is 1.02. The Bertz CT molecular complexity index is 1380. The molecule has 9 nitrogen and oxygen atoms in total. The highest BCUT2D eigenvalue weighted by atomic mass is 16.5. The molecule has 0 atom stereocenters. The fourth-order valence-corrected chi connectivity index (χ4v) is 4.25. The molecule has 4 aromatic rings. The van der Waals surface area contributed by atoms with Crippen LogP contribution in [0.15, 0.2) is 79.3 Å². The molecule has 0 bridgehead atoms. The van der Waals surface area contributed by atoms with Crippen molar-refractivity contribution in [3.8, 4) is 17.0 Å². The molecule has 9 heteroatoms. The fraction of sp³-hybridized carbons (Fsp3) is 0.267. The molecule has 1 aliphatic rings. The standard InChI is InChI=1S/C30H32N6O3/c1-22-5-6-23(20-28(22)35-30-32-13-11-27(34-30)24-4-2-12-31-21-24)29(37)33-25-7-9-26(10-8-25)39-17-3-14-36-15-18-38-19-16-36/h2,4-13,20-21H,3,14-19H2,1H3,(H,33,37)(H,32,34,35). The van der Waals surface area contributed by atoms with E-state index in [1.807, 2.05) is 55.5 Å². The summed E-state index contributed by atoms with van der Waals surface area (Å²) >= 11 is 0. The van der Waals surface area contributed by atoms with Gasteiger partial charge in [-0.2, -0.15) is 0 Å². The van der Waals surface area contributed by atoms with Gasteiger partial charge in [-0.25, -0.2) is 9.97 Å². The number of morpholine rings is 1. The summed E-state index contributed by atoms with van der Waals surface area (Å²) in [5.41, 5.74) is 4.61. The van der Waals surface area contributed by atoms with Crippen LogP contribution in [0.4, 0.5) is 17.3 Å². The summed E-state index contributed by atoms with van der Waals surface area (Å²) in [6.07, 6.45) is 6.14. The van der Waals surface area contributed by atoms with Crippen LogP contribution in [0.5, 0.6) is 5.75 Å². The quantitative estimate of drug-likeness (QED) is 0.281. The molecular formula is C30H32N6O3. The summed E-state index contributed by atoms with van der Waals surface area (Å²) in [6.45, 7) is 7.21. The molecular weight excluding hydrogens is 492 g/mol. The Morgan fingerprint density at radius 2 is 1.90 bits per heavy atom. The molecule has 0 spiro atoms. The largest absolute Gasteiger partial charge is 0.494 e. The van der Waals surface area contributed by atoms with E-state index in [0.717, 1.165) is 67.5 Å². The second-order valence-corrected chi connectivity index (χ2v) is 9.30. The van der Waals surface area contributed by atoms with Crippen molar-refractivity contribution in [2.24, 2.45) is 0 Å². The Kier molecular flexibility index (Phi) is 8.72. The van der Waals surface area contributed by atoms with Crippen LogP contribution in [-0.2, 0) is 4.74 Å². The van der Waals surface area contributed by atoms with Crippen LogP contribution in [0.1, 0.15) is 22.3 Å². The summed E-state index contributed by atoms with van der Waals surface area (Å²) < 4.78 is 11.3. The molecule has 39 heavy (non-hydrogen) atoms. The first kappa shape index (κ1) is 26.3. The highest BCUT2D eigenvalue weighted by molar-refractivity contribution is 6.05. The number of benzene rings is 2. The summed E-state index contributed by atoms with van der Waals surface area (Å²) in [6, 6.07) is 18.6. The van der Waals surface area contributed by atoms with E-state index in [1.54, 1.807) is 30.7 Å². The van der Waals surface area contributed by atoms with Gasteiger partial charge in [0.15, 0.2) is 0 Å². The molecule has 200 valence electrons. The van der Waals surface area contributed by atoms with Crippen LogP contribution >= 0.6 is 0 Å². The smallest absolute Gasteiger partial charge is 0.255 e. The molecule has 1 fully saturated rings. The summed E-state index contributed by atoms with van der Waals surface area (Å²) in [5, 5.41) is 6.20. The van der Waals surface area contributed by atoms with E-state index >= 15 is 0 Å². The van der Waals surface area contributed by atoms with Crippen LogP contribution in [0, 0.1) is 6.92 Å². The number of nitrogens with zero attached hydrogens (tertiary/aromatic N) is 4. The number of ether oxygens (including phenoxy) is 2. The number of rotatable bonds is 10. The average Bonchev–Trinajstić information content (AvgIpc) is 2.98. The Balaban J connectivity index is 1.16. The van der Waals surface area contributed by atoms with Gasteiger partial charge in [0.25, 0.3) is 5.91 Å². The number of amides is 1. The molecule has 3 heterocycles. The lowest BCUT2D eigenvalue weighted by molar-refractivity contribution is 0.0358. The minimum absolute atomic E-state index is 0.206.